The van der Waals surface area contributed by atoms with Crippen LogP contribution in [0.5, 0.6) is 0 Å². The van der Waals surface area contributed by atoms with Crippen LogP contribution in [0.15, 0.2) is 30.3 Å². The lowest BCUT2D eigenvalue weighted by Crippen LogP contribution is -2.45. The Balaban J connectivity index is 0.00000441. The number of halogens is 1. The highest BCUT2D eigenvalue weighted by molar-refractivity contribution is 5.85. The molecule has 0 radical (unpaired) electrons. The molecule has 22 heavy (non-hydrogen) atoms. The Hall–Kier alpha value is -1.79. The van der Waals surface area contributed by atoms with Crippen LogP contribution in [-0.2, 0) is 16.1 Å². The van der Waals surface area contributed by atoms with Crippen molar-refractivity contribution in [3.05, 3.63) is 35.9 Å². The smallest absolute Gasteiger partial charge is 0.408 e. The Bertz CT molecular complexity index is 443. The Labute approximate surface area is 137 Å². The highest BCUT2D eigenvalue weighted by atomic mass is 35.5. The van der Waals surface area contributed by atoms with Gasteiger partial charge in [-0.2, -0.15) is 0 Å². The van der Waals surface area contributed by atoms with Gasteiger partial charge in [0.25, 0.3) is 0 Å². The van der Waals surface area contributed by atoms with Crippen molar-refractivity contribution in [2.24, 2.45) is 5.73 Å². The van der Waals surface area contributed by atoms with Gasteiger partial charge < -0.3 is 21.1 Å². The maximum absolute atomic E-state index is 11.7. The van der Waals surface area contributed by atoms with Gasteiger partial charge in [0.15, 0.2) is 0 Å². The highest BCUT2D eigenvalue weighted by Gasteiger charge is 2.19. The molecule has 4 N–H and O–H groups in total. The lowest BCUT2D eigenvalue weighted by atomic mass is 10.1. The van der Waals surface area contributed by atoms with E-state index in [1.807, 2.05) is 30.3 Å². The molecule has 0 saturated heterocycles. The largest absolute Gasteiger partial charge is 0.445 e. The lowest BCUT2D eigenvalue weighted by molar-refractivity contribution is -0.122. The van der Waals surface area contributed by atoms with Gasteiger partial charge in [0.05, 0.1) is 0 Å². The number of carbonyl (C=O) groups excluding carboxylic acids is 2. The first kappa shape index (κ1) is 20.2. The maximum atomic E-state index is 11.7. The lowest BCUT2D eigenvalue weighted by Gasteiger charge is -2.17. The molecule has 0 aliphatic carbocycles. The molecular weight excluding hydrogens is 306 g/mol. The number of nitrogens with two attached hydrogens (primary N) is 1. The monoisotopic (exact) mass is 329 g/mol. The van der Waals surface area contributed by atoms with Gasteiger partial charge in [-0.25, -0.2) is 4.79 Å². The summed E-state index contributed by atoms with van der Waals surface area (Å²) in [6.45, 7) is 0.745. The topological polar surface area (TPSA) is 93.5 Å². The van der Waals surface area contributed by atoms with Crippen LogP contribution in [0.3, 0.4) is 0 Å². The second kappa shape index (κ2) is 11.8. The van der Waals surface area contributed by atoms with Crippen molar-refractivity contribution < 1.29 is 14.3 Å². The number of unbranched alkanes of at least 4 members (excludes halogenated alkanes) is 1. The summed E-state index contributed by atoms with van der Waals surface area (Å²) in [7, 11) is 1.54. The zero-order valence-corrected chi connectivity index (χ0v) is 13.5. The first-order valence-corrected chi connectivity index (χ1v) is 7.06. The van der Waals surface area contributed by atoms with Gasteiger partial charge >= 0.3 is 6.09 Å². The molecule has 1 atom stereocenters. The third-order valence-electron chi connectivity index (χ3n) is 3.01. The first-order valence-electron chi connectivity index (χ1n) is 7.06. The van der Waals surface area contributed by atoms with Gasteiger partial charge in [0.1, 0.15) is 12.6 Å². The summed E-state index contributed by atoms with van der Waals surface area (Å²) in [6, 6.07) is 8.77. The van der Waals surface area contributed by atoms with E-state index in [4.69, 9.17) is 10.5 Å². The third kappa shape index (κ3) is 7.85. The van der Waals surface area contributed by atoms with Crippen molar-refractivity contribution in [2.75, 3.05) is 13.6 Å². The van der Waals surface area contributed by atoms with E-state index in [0.717, 1.165) is 18.4 Å². The molecule has 7 heteroatoms. The number of amides is 2. The summed E-state index contributed by atoms with van der Waals surface area (Å²) in [4.78, 5) is 23.4. The Morgan fingerprint density at radius 2 is 1.91 bits per heavy atom. The van der Waals surface area contributed by atoms with Crippen LogP contribution in [0.2, 0.25) is 0 Å². The molecule has 0 saturated carbocycles. The summed E-state index contributed by atoms with van der Waals surface area (Å²) in [5.74, 6) is -0.233. The summed E-state index contributed by atoms with van der Waals surface area (Å²) >= 11 is 0. The predicted octanol–water partition coefficient (Wildman–Crippen LogP) is 1.58. The van der Waals surface area contributed by atoms with Crippen LogP contribution in [0.1, 0.15) is 24.8 Å². The van der Waals surface area contributed by atoms with Gasteiger partial charge in [-0.05, 0) is 31.4 Å². The molecule has 0 aliphatic rings. The van der Waals surface area contributed by atoms with Crippen LogP contribution in [0, 0.1) is 0 Å². The number of nitrogens with one attached hydrogen (secondary N) is 2. The molecule has 0 fully saturated rings. The zero-order chi connectivity index (χ0) is 15.5. The van der Waals surface area contributed by atoms with E-state index < -0.39 is 12.1 Å². The molecule has 0 heterocycles. The minimum atomic E-state index is -0.597. The fraction of sp³-hybridized carbons (Fsp3) is 0.467. The van der Waals surface area contributed by atoms with Crippen LogP contribution < -0.4 is 16.4 Å². The van der Waals surface area contributed by atoms with Gasteiger partial charge in [-0.3, -0.25) is 4.79 Å². The van der Waals surface area contributed by atoms with Gasteiger partial charge in [0, 0.05) is 7.05 Å². The summed E-state index contributed by atoms with van der Waals surface area (Å²) in [5, 5.41) is 5.11. The minimum Gasteiger partial charge on any atom is -0.445 e. The van der Waals surface area contributed by atoms with Crippen molar-refractivity contribution in [1.29, 1.82) is 0 Å². The molecule has 1 aromatic carbocycles. The SMILES string of the molecule is CNC(=O)[C@H](CCCCN)NC(=O)OCc1ccccc1.Cl. The summed E-state index contributed by atoms with van der Waals surface area (Å²) in [6.07, 6.45) is 1.53. The number of carbonyl (C=O) groups is 2. The van der Waals surface area contributed by atoms with Crippen molar-refractivity contribution >= 4 is 24.4 Å². The number of likely N-dealkylation sites (N-methyl/N-ethyl adjacent to an activating group) is 1. The Morgan fingerprint density at radius 3 is 2.50 bits per heavy atom. The van der Waals surface area contributed by atoms with Gasteiger partial charge in [0.2, 0.25) is 5.91 Å². The molecule has 124 valence electrons. The normalized spacial score (nSPS) is 11.0. The molecule has 2 amide bonds. The Kier molecular flexibility index (Phi) is 10.9. The molecule has 6 nitrogen and oxygen atoms in total. The molecule has 1 rings (SSSR count). The van der Waals surface area contributed by atoms with Crippen molar-refractivity contribution in [2.45, 2.75) is 31.9 Å². The number of rotatable bonds is 8. The van der Waals surface area contributed by atoms with E-state index in [1.54, 1.807) is 0 Å². The van der Waals surface area contributed by atoms with E-state index in [1.165, 1.54) is 7.05 Å². The second-order valence-corrected chi connectivity index (χ2v) is 4.66. The molecule has 1 aromatic rings. The highest BCUT2D eigenvalue weighted by Crippen LogP contribution is 2.03. The fourth-order valence-corrected chi connectivity index (χ4v) is 1.84. The van der Waals surface area contributed by atoms with Crippen LogP contribution in [0.4, 0.5) is 4.79 Å². The van der Waals surface area contributed by atoms with E-state index in [9.17, 15) is 9.59 Å². The maximum Gasteiger partial charge on any atom is 0.408 e. The summed E-state index contributed by atoms with van der Waals surface area (Å²) in [5.41, 5.74) is 6.32. The average molecular weight is 330 g/mol. The average Bonchev–Trinajstić information content (AvgIpc) is 2.52. The van der Waals surface area contributed by atoms with Gasteiger partial charge in [-0.1, -0.05) is 30.3 Å². The zero-order valence-electron chi connectivity index (χ0n) is 12.7. The number of ether oxygens (including phenoxy) is 1. The molecule has 0 aromatic heterocycles. The predicted molar refractivity (Wildman–Crippen MR) is 87.8 cm³/mol. The summed E-state index contributed by atoms with van der Waals surface area (Å²) < 4.78 is 5.10. The molecule has 0 aliphatic heterocycles. The van der Waals surface area contributed by atoms with Crippen LogP contribution in [0.25, 0.3) is 0 Å². The number of benzene rings is 1. The second-order valence-electron chi connectivity index (χ2n) is 4.66. The van der Waals surface area contributed by atoms with E-state index in [2.05, 4.69) is 10.6 Å². The standard InChI is InChI=1S/C15H23N3O3.ClH/c1-17-14(19)13(9-5-6-10-16)18-15(20)21-11-12-7-3-2-4-8-12;/h2-4,7-8,13H,5-6,9-11,16H2,1H3,(H,17,19)(H,18,20);1H/t13-;/m0./s1. The number of alkyl carbamates (subject to hydrolysis) is 1. The number of hydrogen-bond acceptors (Lipinski definition) is 4. The third-order valence-corrected chi connectivity index (χ3v) is 3.01. The molecule has 0 bridgehead atoms. The van der Waals surface area contributed by atoms with Crippen LogP contribution >= 0.6 is 12.4 Å². The quantitative estimate of drug-likeness (QED) is 0.631. The molecular formula is C15H24ClN3O3. The number of hydrogen-bond donors (Lipinski definition) is 3. The van der Waals surface area contributed by atoms with Crippen molar-refractivity contribution in [3.8, 4) is 0 Å². The van der Waals surface area contributed by atoms with E-state index >= 15 is 0 Å². The first-order chi connectivity index (χ1) is 10.2. The van der Waals surface area contributed by atoms with E-state index in [0.29, 0.717) is 13.0 Å². The Morgan fingerprint density at radius 1 is 1.23 bits per heavy atom. The van der Waals surface area contributed by atoms with Crippen LogP contribution in [-0.4, -0.2) is 31.6 Å². The minimum absolute atomic E-state index is 0. The molecule has 0 spiro atoms. The van der Waals surface area contributed by atoms with Gasteiger partial charge in [-0.15, -0.1) is 12.4 Å². The van der Waals surface area contributed by atoms with E-state index in [-0.39, 0.29) is 24.9 Å². The molecule has 0 unspecified atom stereocenters. The van der Waals surface area contributed by atoms with Crippen molar-refractivity contribution in [3.63, 3.8) is 0 Å². The van der Waals surface area contributed by atoms with Crippen molar-refractivity contribution in [1.82, 2.24) is 10.6 Å². The fourth-order valence-electron chi connectivity index (χ4n) is 1.84.